The van der Waals surface area contributed by atoms with Crippen LogP contribution in [0.2, 0.25) is 5.02 Å². The van der Waals surface area contributed by atoms with E-state index in [0.29, 0.717) is 17.3 Å². The number of benzene rings is 2. The molecule has 114 valence electrons. The smallest absolute Gasteiger partial charge is 0.319 e. The minimum absolute atomic E-state index is 0.184. The lowest BCUT2D eigenvalue weighted by molar-refractivity contribution is -0.117. The van der Waals surface area contributed by atoms with E-state index in [-0.39, 0.29) is 18.4 Å². The van der Waals surface area contributed by atoms with Crippen LogP contribution in [-0.4, -0.2) is 11.9 Å². The number of anilines is 1. The zero-order chi connectivity index (χ0) is 15.9. The van der Waals surface area contributed by atoms with E-state index in [1.807, 2.05) is 12.1 Å². The van der Waals surface area contributed by atoms with Crippen LogP contribution in [0.15, 0.2) is 48.5 Å². The maximum absolute atomic E-state index is 11.8. The molecule has 0 aliphatic heterocycles. The topological polar surface area (TPSA) is 84.2 Å². The standard InChI is InChI=1S/C16H16ClN3O2/c17-13-5-1-12(2-6-13)10-19-16(22)20-14-7-3-11(4-8-14)9-15(18)21/h1-8H,9-10H2,(H2,18,21)(H2,19,20,22). The van der Waals surface area contributed by atoms with Crippen molar-refractivity contribution in [2.75, 3.05) is 5.32 Å². The molecule has 0 aromatic heterocycles. The molecule has 0 heterocycles. The summed E-state index contributed by atoms with van der Waals surface area (Å²) < 4.78 is 0. The van der Waals surface area contributed by atoms with Gasteiger partial charge in [0.1, 0.15) is 0 Å². The molecule has 0 radical (unpaired) electrons. The lowest BCUT2D eigenvalue weighted by Crippen LogP contribution is -2.28. The second-order valence-corrected chi connectivity index (χ2v) is 5.21. The number of nitrogens with one attached hydrogen (secondary N) is 2. The van der Waals surface area contributed by atoms with Gasteiger partial charge in [0.25, 0.3) is 0 Å². The Morgan fingerprint density at radius 1 is 0.955 bits per heavy atom. The van der Waals surface area contributed by atoms with Crippen molar-refractivity contribution in [3.63, 3.8) is 0 Å². The summed E-state index contributed by atoms with van der Waals surface area (Å²) in [5, 5.41) is 6.11. The highest BCUT2D eigenvalue weighted by Gasteiger charge is 2.03. The van der Waals surface area contributed by atoms with Gasteiger partial charge in [0.2, 0.25) is 5.91 Å². The first-order chi connectivity index (χ1) is 10.5. The summed E-state index contributed by atoms with van der Waals surface area (Å²) in [5.41, 5.74) is 7.52. The zero-order valence-electron chi connectivity index (χ0n) is 11.8. The molecule has 4 N–H and O–H groups in total. The summed E-state index contributed by atoms with van der Waals surface area (Å²) >= 11 is 5.80. The molecule has 6 heteroatoms. The Hall–Kier alpha value is -2.53. The number of nitrogens with two attached hydrogens (primary N) is 1. The van der Waals surface area contributed by atoms with Gasteiger partial charge >= 0.3 is 6.03 Å². The van der Waals surface area contributed by atoms with E-state index in [1.54, 1.807) is 36.4 Å². The lowest BCUT2D eigenvalue weighted by Gasteiger charge is -2.08. The van der Waals surface area contributed by atoms with Gasteiger partial charge < -0.3 is 16.4 Å². The fraction of sp³-hybridized carbons (Fsp3) is 0.125. The summed E-state index contributed by atoms with van der Waals surface area (Å²) in [6, 6.07) is 13.9. The summed E-state index contributed by atoms with van der Waals surface area (Å²) in [7, 11) is 0. The zero-order valence-corrected chi connectivity index (χ0v) is 12.6. The Bertz CT molecular complexity index is 654. The van der Waals surface area contributed by atoms with Gasteiger partial charge in [0.05, 0.1) is 6.42 Å². The largest absolute Gasteiger partial charge is 0.369 e. The van der Waals surface area contributed by atoms with Crippen LogP contribution in [-0.2, 0) is 17.8 Å². The maximum atomic E-state index is 11.8. The van der Waals surface area contributed by atoms with E-state index in [0.717, 1.165) is 11.1 Å². The average Bonchev–Trinajstić information content (AvgIpc) is 2.48. The van der Waals surface area contributed by atoms with Gasteiger partial charge in [-0.2, -0.15) is 0 Å². The highest BCUT2D eigenvalue weighted by Crippen LogP contribution is 2.11. The van der Waals surface area contributed by atoms with Gasteiger partial charge in [0, 0.05) is 17.3 Å². The Balaban J connectivity index is 1.83. The second-order valence-electron chi connectivity index (χ2n) is 4.77. The van der Waals surface area contributed by atoms with Gasteiger partial charge in [-0.3, -0.25) is 4.79 Å². The van der Waals surface area contributed by atoms with Crippen LogP contribution in [0.1, 0.15) is 11.1 Å². The SMILES string of the molecule is NC(=O)Cc1ccc(NC(=O)NCc2ccc(Cl)cc2)cc1. The number of halogens is 1. The molecule has 2 rings (SSSR count). The van der Waals surface area contributed by atoms with E-state index >= 15 is 0 Å². The number of hydrogen-bond donors (Lipinski definition) is 3. The molecule has 2 aromatic rings. The number of carbonyl (C=O) groups excluding carboxylic acids is 2. The molecule has 0 aliphatic carbocycles. The molecule has 0 fully saturated rings. The minimum Gasteiger partial charge on any atom is -0.369 e. The van der Waals surface area contributed by atoms with Gasteiger partial charge in [-0.1, -0.05) is 35.9 Å². The first-order valence-corrected chi connectivity index (χ1v) is 7.07. The van der Waals surface area contributed by atoms with Crippen LogP contribution in [0.25, 0.3) is 0 Å². The fourth-order valence-corrected chi connectivity index (χ4v) is 1.99. The third-order valence-corrected chi connectivity index (χ3v) is 3.21. The second kappa shape index (κ2) is 7.47. The van der Waals surface area contributed by atoms with Crippen molar-refractivity contribution in [2.45, 2.75) is 13.0 Å². The lowest BCUT2D eigenvalue weighted by atomic mass is 10.1. The summed E-state index contributed by atoms with van der Waals surface area (Å²) in [6.07, 6.45) is 0.184. The molecule has 0 unspecified atom stereocenters. The van der Waals surface area contributed by atoms with E-state index < -0.39 is 0 Å². The predicted molar refractivity (Wildman–Crippen MR) is 86.7 cm³/mol. The molecular weight excluding hydrogens is 302 g/mol. The molecule has 0 spiro atoms. The summed E-state index contributed by atoms with van der Waals surface area (Å²) in [5.74, 6) is -0.388. The number of hydrogen-bond acceptors (Lipinski definition) is 2. The van der Waals surface area contributed by atoms with Crippen LogP contribution >= 0.6 is 11.6 Å². The summed E-state index contributed by atoms with van der Waals surface area (Å²) in [4.78, 5) is 22.6. The number of urea groups is 1. The fourth-order valence-electron chi connectivity index (χ4n) is 1.87. The normalized spacial score (nSPS) is 10.0. The molecule has 3 amide bonds. The van der Waals surface area contributed by atoms with Crippen LogP contribution in [0.4, 0.5) is 10.5 Å². The molecule has 22 heavy (non-hydrogen) atoms. The molecule has 2 aromatic carbocycles. The number of rotatable bonds is 5. The quantitative estimate of drug-likeness (QED) is 0.792. The first kappa shape index (κ1) is 15.9. The van der Waals surface area contributed by atoms with Crippen LogP contribution in [0.3, 0.4) is 0 Å². The van der Waals surface area contributed by atoms with Gasteiger partial charge in [-0.25, -0.2) is 4.79 Å². The summed E-state index contributed by atoms with van der Waals surface area (Å²) in [6.45, 7) is 0.406. The Morgan fingerprint density at radius 3 is 2.14 bits per heavy atom. The van der Waals surface area contributed by atoms with Crippen molar-refractivity contribution in [1.82, 2.24) is 5.32 Å². The maximum Gasteiger partial charge on any atom is 0.319 e. The van der Waals surface area contributed by atoms with Crippen molar-refractivity contribution in [3.05, 3.63) is 64.7 Å². The van der Waals surface area contributed by atoms with Crippen molar-refractivity contribution >= 4 is 29.2 Å². The molecule has 0 atom stereocenters. The first-order valence-electron chi connectivity index (χ1n) is 6.69. The third-order valence-electron chi connectivity index (χ3n) is 2.96. The molecule has 0 saturated heterocycles. The van der Waals surface area contributed by atoms with E-state index in [1.165, 1.54) is 0 Å². The number of amides is 3. The van der Waals surface area contributed by atoms with E-state index in [2.05, 4.69) is 10.6 Å². The van der Waals surface area contributed by atoms with Crippen molar-refractivity contribution in [2.24, 2.45) is 5.73 Å². The van der Waals surface area contributed by atoms with Gasteiger partial charge in [-0.15, -0.1) is 0 Å². The monoisotopic (exact) mass is 317 g/mol. The van der Waals surface area contributed by atoms with Gasteiger partial charge in [-0.05, 0) is 35.4 Å². The minimum atomic E-state index is -0.388. The molecule has 0 saturated carbocycles. The Morgan fingerprint density at radius 2 is 1.55 bits per heavy atom. The van der Waals surface area contributed by atoms with Crippen LogP contribution in [0, 0.1) is 0 Å². The molecule has 5 nitrogen and oxygen atoms in total. The Labute approximate surface area is 133 Å². The van der Waals surface area contributed by atoms with E-state index in [4.69, 9.17) is 17.3 Å². The molecular formula is C16H16ClN3O2. The van der Waals surface area contributed by atoms with Crippen LogP contribution in [0.5, 0.6) is 0 Å². The van der Waals surface area contributed by atoms with E-state index in [9.17, 15) is 9.59 Å². The highest BCUT2D eigenvalue weighted by molar-refractivity contribution is 6.30. The number of carbonyl (C=O) groups is 2. The van der Waals surface area contributed by atoms with Crippen molar-refractivity contribution < 1.29 is 9.59 Å². The molecule has 0 bridgehead atoms. The highest BCUT2D eigenvalue weighted by atomic mass is 35.5. The third kappa shape index (κ3) is 5.10. The molecule has 0 aliphatic rings. The van der Waals surface area contributed by atoms with Crippen molar-refractivity contribution in [3.8, 4) is 0 Å². The van der Waals surface area contributed by atoms with Crippen molar-refractivity contribution in [1.29, 1.82) is 0 Å². The predicted octanol–water partition coefficient (Wildman–Crippen LogP) is 2.69. The Kier molecular flexibility index (Phi) is 5.38. The van der Waals surface area contributed by atoms with Gasteiger partial charge in [0.15, 0.2) is 0 Å². The number of primary amides is 1. The van der Waals surface area contributed by atoms with Crippen LogP contribution < -0.4 is 16.4 Å². The average molecular weight is 318 g/mol.